The number of anilines is 1. The lowest BCUT2D eigenvalue weighted by Crippen LogP contribution is -2.11. The van der Waals surface area contributed by atoms with Crippen LogP contribution in [-0.2, 0) is 6.42 Å². The summed E-state index contributed by atoms with van der Waals surface area (Å²) >= 11 is 0. The Labute approximate surface area is 117 Å². The van der Waals surface area contributed by atoms with Crippen LogP contribution in [0.2, 0.25) is 0 Å². The van der Waals surface area contributed by atoms with Crippen LogP contribution in [0.1, 0.15) is 19.5 Å². The van der Waals surface area contributed by atoms with E-state index in [1.54, 1.807) is 13.2 Å². The minimum atomic E-state index is 0.468. The number of ether oxygens (including phenoxy) is 1. The second kappa shape index (κ2) is 6.25. The Morgan fingerprint density at radius 3 is 2.70 bits per heavy atom. The predicted octanol–water partition coefficient (Wildman–Crippen LogP) is 1.43. The molecule has 0 fully saturated rings. The summed E-state index contributed by atoms with van der Waals surface area (Å²) < 4.78 is 5.08. The van der Waals surface area contributed by atoms with Crippen LogP contribution < -0.4 is 16.0 Å². The molecule has 2 rings (SSSR count). The average molecular weight is 274 g/mol. The number of hydrogen-bond donors (Lipinski definition) is 2. The van der Waals surface area contributed by atoms with Crippen LogP contribution in [0.5, 0.6) is 5.88 Å². The maximum atomic E-state index is 5.45. The third kappa shape index (κ3) is 3.39. The fourth-order valence-corrected chi connectivity index (χ4v) is 1.78. The predicted molar refractivity (Wildman–Crippen MR) is 76.0 cm³/mol. The van der Waals surface area contributed by atoms with Gasteiger partial charge >= 0.3 is 0 Å². The molecule has 0 saturated carbocycles. The van der Waals surface area contributed by atoms with E-state index in [-0.39, 0.29) is 0 Å². The van der Waals surface area contributed by atoms with Crippen molar-refractivity contribution in [3.05, 3.63) is 24.2 Å². The van der Waals surface area contributed by atoms with Crippen LogP contribution in [0.25, 0.3) is 11.5 Å². The zero-order valence-electron chi connectivity index (χ0n) is 11.8. The fourth-order valence-electron chi connectivity index (χ4n) is 1.78. The molecule has 0 aromatic carbocycles. The molecule has 0 atom stereocenters. The summed E-state index contributed by atoms with van der Waals surface area (Å²) in [7, 11) is 1.55. The van der Waals surface area contributed by atoms with Gasteiger partial charge in [0.05, 0.1) is 7.11 Å². The van der Waals surface area contributed by atoms with Gasteiger partial charge in [-0.15, -0.1) is 0 Å². The third-order valence-corrected chi connectivity index (χ3v) is 2.62. The number of nitrogens with zero attached hydrogens (tertiary/aromatic N) is 4. The Balaban J connectivity index is 2.43. The molecule has 0 aliphatic carbocycles. The normalized spacial score (nSPS) is 10.7. The minimum absolute atomic E-state index is 0.468. The zero-order valence-corrected chi connectivity index (χ0v) is 11.8. The van der Waals surface area contributed by atoms with E-state index in [1.807, 2.05) is 6.07 Å². The van der Waals surface area contributed by atoms with Crippen molar-refractivity contribution in [1.82, 2.24) is 19.9 Å². The average Bonchev–Trinajstić information content (AvgIpc) is 2.46. The zero-order chi connectivity index (χ0) is 14.5. The van der Waals surface area contributed by atoms with Crippen molar-refractivity contribution in [2.45, 2.75) is 20.3 Å². The van der Waals surface area contributed by atoms with E-state index < -0.39 is 0 Å². The maximum Gasteiger partial charge on any atom is 0.216 e. The number of aromatic nitrogens is 4. The molecule has 20 heavy (non-hydrogen) atoms. The van der Waals surface area contributed by atoms with E-state index in [0.29, 0.717) is 29.1 Å². The molecule has 7 heteroatoms. The Morgan fingerprint density at radius 2 is 2.05 bits per heavy atom. The summed E-state index contributed by atoms with van der Waals surface area (Å²) in [5.41, 5.74) is 4.06. The lowest BCUT2D eigenvalue weighted by atomic mass is 10.1. The summed E-state index contributed by atoms with van der Waals surface area (Å²) in [5.74, 6) is 7.47. The van der Waals surface area contributed by atoms with Gasteiger partial charge in [-0.05, 0) is 12.3 Å². The van der Waals surface area contributed by atoms with Crippen molar-refractivity contribution < 1.29 is 4.74 Å². The fraction of sp³-hybridized carbons (Fsp3) is 0.385. The lowest BCUT2D eigenvalue weighted by Gasteiger charge is -2.09. The molecular weight excluding hydrogens is 256 g/mol. The summed E-state index contributed by atoms with van der Waals surface area (Å²) in [6, 6.07) is 3.52. The highest BCUT2D eigenvalue weighted by molar-refractivity contribution is 5.53. The van der Waals surface area contributed by atoms with E-state index in [2.05, 4.69) is 39.2 Å². The second-order valence-electron chi connectivity index (χ2n) is 4.76. The number of nitrogens with two attached hydrogens (primary N) is 1. The standard InChI is InChI=1S/C13H18N6O/c1-8(2)4-9-5-11(19-14)18-13(17-9)10-6-12(20-3)16-7-15-10/h5-8H,4,14H2,1-3H3,(H,17,18,19). The first-order valence-corrected chi connectivity index (χ1v) is 6.33. The van der Waals surface area contributed by atoms with Crippen molar-refractivity contribution in [2.24, 2.45) is 11.8 Å². The highest BCUT2D eigenvalue weighted by atomic mass is 16.5. The summed E-state index contributed by atoms with van der Waals surface area (Å²) in [6.45, 7) is 4.26. The van der Waals surface area contributed by atoms with Gasteiger partial charge in [0.15, 0.2) is 5.82 Å². The lowest BCUT2D eigenvalue weighted by molar-refractivity contribution is 0.397. The molecule has 0 saturated heterocycles. The highest BCUT2D eigenvalue weighted by Crippen LogP contribution is 2.19. The van der Waals surface area contributed by atoms with Crippen molar-refractivity contribution >= 4 is 5.82 Å². The molecule has 2 heterocycles. The highest BCUT2D eigenvalue weighted by Gasteiger charge is 2.10. The van der Waals surface area contributed by atoms with Gasteiger partial charge in [0, 0.05) is 17.8 Å². The Hall–Kier alpha value is -2.28. The van der Waals surface area contributed by atoms with E-state index >= 15 is 0 Å². The minimum Gasteiger partial charge on any atom is -0.481 e. The smallest absolute Gasteiger partial charge is 0.216 e. The second-order valence-corrected chi connectivity index (χ2v) is 4.76. The molecule has 0 spiro atoms. The Kier molecular flexibility index (Phi) is 4.41. The number of nitrogens with one attached hydrogen (secondary N) is 1. The molecule has 0 radical (unpaired) electrons. The Bertz CT molecular complexity index is 587. The van der Waals surface area contributed by atoms with Crippen LogP contribution in [0, 0.1) is 5.92 Å². The Morgan fingerprint density at radius 1 is 1.25 bits per heavy atom. The van der Waals surface area contributed by atoms with Gasteiger partial charge < -0.3 is 10.2 Å². The monoisotopic (exact) mass is 274 g/mol. The molecule has 3 N–H and O–H groups in total. The van der Waals surface area contributed by atoms with Gasteiger partial charge in [0.1, 0.15) is 17.8 Å². The molecule has 2 aromatic rings. The topological polar surface area (TPSA) is 98.8 Å². The maximum absolute atomic E-state index is 5.45. The molecule has 0 amide bonds. The molecular formula is C13H18N6O. The van der Waals surface area contributed by atoms with Crippen LogP contribution in [-0.4, -0.2) is 27.0 Å². The number of hydrazine groups is 1. The first-order chi connectivity index (χ1) is 9.62. The van der Waals surface area contributed by atoms with Gasteiger partial charge in [0.25, 0.3) is 0 Å². The van der Waals surface area contributed by atoms with E-state index in [0.717, 1.165) is 12.1 Å². The van der Waals surface area contributed by atoms with Gasteiger partial charge in [-0.2, -0.15) is 0 Å². The summed E-state index contributed by atoms with van der Waals surface area (Å²) in [4.78, 5) is 17.0. The van der Waals surface area contributed by atoms with Crippen molar-refractivity contribution in [1.29, 1.82) is 0 Å². The summed E-state index contributed by atoms with van der Waals surface area (Å²) in [6.07, 6.45) is 2.26. The van der Waals surface area contributed by atoms with E-state index in [9.17, 15) is 0 Å². The van der Waals surface area contributed by atoms with Gasteiger partial charge in [-0.25, -0.2) is 25.8 Å². The number of methoxy groups -OCH3 is 1. The number of hydrogen-bond acceptors (Lipinski definition) is 7. The third-order valence-electron chi connectivity index (χ3n) is 2.62. The molecule has 0 unspecified atom stereocenters. The first kappa shape index (κ1) is 14.1. The SMILES string of the molecule is COc1cc(-c2nc(CC(C)C)cc(NN)n2)ncn1. The van der Waals surface area contributed by atoms with Crippen molar-refractivity contribution in [2.75, 3.05) is 12.5 Å². The molecule has 2 aromatic heterocycles. The molecule has 106 valence electrons. The first-order valence-electron chi connectivity index (χ1n) is 6.33. The van der Waals surface area contributed by atoms with Crippen molar-refractivity contribution in [3.63, 3.8) is 0 Å². The van der Waals surface area contributed by atoms with Crippen molar-refractivity contribution in [3.8, 4) is 17.4 Å². The van der Waals surface area contributed by atoms with Crippen LogP contribution in [0.4, 0.5) is 5.82 Å². The summed E-state index contributed by atoms with van der Waals surface area (Å²) in [5, 5.41) is 0. The van der Waals surface area contributed by atoms with Crippen LogP contribution in [0.3, 0.4) is 0 Å². The largest absolute Gasteiger partial charge is 0.481 e. The molecule has 0 bridgehead atoms. The number of nitrogen functional groups attached to an aromatic ring is 1. The van der Waals surface area contributed by atoms with E-state index in [1.165, 1.54) is 6.33 Å². The molecule has 7 nitrogen and oxygen atoms in total. The van der Waals surface area contributed by atoms with Gasteiger partial charge in [-0.3, -0.25) is 0 Å². The number of rotatable bonds is 5. The van der Waals surface area contributed by atoms with E-state index in [4.69, 9.17) is 10.6 Å². The van der Waals surface area contributed by atoms with Gasteiger partial charge in [-0.1, -0.05) is 13.8 Å². The molecule has 0 aliphatic heterocycles. The van der Waals surface area contributed by atoms with Crippen LogP contribution >= 0.6 is 0 Å². The van der Waals surface area contributed by atoms with Crippen LogP contribution in [0.15, 0.2) is 18.5 Å². The van der Waals surface area contributed by atoms with Gasteiger partial charge in [0.2, 0.25) is 5.88 Å². The quantitative estimate of drug-likeness (QED) is 0.628. The molecule has 0 aliphatic rings.